The summed E-state index contributed by atoms with van der Waals surface area (Å²) in [5.74, 6) is 0.701. The van der Waals surface area contributed by atoms with E-state index in [2.05, 4.69) is 6.58 Å². The standard InChI is InChI=1S/C17H15NO2/c1-12-16(13-7-4-3-5-8-13)18(17(12)19)14-9-6-10-15(11-14)20-2/h3-11,16H,1H2,2H3/t16-/m0/s1. The molecule has 1 aliphatic rings. The zero-order valence-electron chi connectivity index (χ0n) is 11.2. The zero-order chi connectivity index (χ0) is 14.1. The average Bonchev–Trinajstić information content (AvgIpc) is 2.52. The SMILES string of the molecule is C=C1C(=O)N(c2cccc(OC)c2)[C@@H]1c1ccccc1. The second-order valence-corrected chi connectivity index (χ2v) is 4.72. The number of hydrogen-bond donors (Lipinski definition) is 0. The Morgan fingerprint density at radius 3 is 2.55 bits per heavy atom. The molecule has 2 aromatic carbocycles. The Labute approximate surface area is 118 Å². The fourth-order valence-electron chi connectivity index (χ4n) is 2.49. The van der Waals surface area contributed by atoms with Gasteiger partial charge in [0.25, 0.3) is 5.91 Å². The molecular formula is C17H15NO2. The molecule has 3 heteroatoms. The highest BCUT2D eigenvalue weighted by atomic mass is 16.5. The Balaban J connectivity index is 1.99. The van der Waals surface area contributed by atoms with Crippen molar-refractivity contribution in [1.29, 1.82) is 0 Å². The molecule has 0 unspecified atom stereocenters. The molecule has 1 amide bonds. The fraction of sp³-hybridized carbons (Fsp3) is 0.118. The molecule has 0 radical (unpaired) electrons. The second kappa shape index (κ2) is 4.85. The number of nitrogens with zero attached hydrogens (tertiary/aromatic N) is 1. The van der Waals surface area contributed by atoms with Gasteiger partial charge in [0.05, 0.1) is 13.2 Å². The Morgan fingerprint density at radius 1 is 1.10 bits per heavy atom. The lowest BCUT2D eigenvalue weighted by Crippen LogP contribution is -2.48. The van der Waals surface area contributed by atoms with Crippen molar-refractivity contribution in [3.8, 4) is 5.75 Å². The number of benzene rings is 2. The van der Waals surface area contributed by atoms with Crippen molar-refractivity contribution in [3.05, 3.63) is 72.3 Å². The maximum absolute atomic E-state index is 12.1. The Bertz CT molecular complexity index is 664. The third-order valence-corrected chi connectivity index (χ3v) is 3.53. The number of amides is 1. The minimum absolute atomic E-state index is 0.0351. The van der Waals surface area contributed by atoms with Crippen LogP contribution < -0.4 is 9.64 Å². The molecule has 1 fully saturated rings. The van der Waals surface area contributed by atoms with Gasteiger partial charge in [0, 0.05) is 17.3 Å². The van der Waals surface area contributed by atoms with Gasteiger partial charge in [0.1, 0.15) is 5.75 Å². The van der Waals surface area contributed by atoms with Gasteiger partial charge in [-0.2, -0.15) is 0 Å². The maximum atomic E-state index is 12.1. The molecule has 2 aromatic rings. The molecule has 3 nitrogen and oxygen atoms in total. The first-order valence-electron chi connectivity index (χ1n) is 6.43. The summed E-state index contributed by atoms with van der Waals surface area (Å²) in [6.45, 7) is 3.90. The van der Waals surface area contributed by atoms with Crippen molar-refractivity contribution in [3.63, 3.8) is 0 Å². The van der Waals surface area contributed by atoms with Gasteiger partial charge in [0.2, 0.25) is 0 Å². The highest BCUT2D eigenvalue weighted by molar-refractivity contribution is 6.15. The van der Waals surface area contributed by atoms with Crippen LogP contribution >= 0.6 is 0 Å². The minimum atomic E-state index is -0.0872. The molecule has 3 rings (SSSR count). The zero-order valence-corrected chi connectivity index (χ0v) is 11.2. The van der Waals surface area contributed by atoms with Crippen LogP contribution in [0.2, 0.25) is 0 Å². The van der Waals surface area contributed by atoms with E-state index in [9.17, 15) is 4.79 Å². The number of anilines is 1. The van der Waals surface area contributed by atoms with E-state index < -0.39 is 0 Å². The molecule has 100 valence electrons. The van der Waals surface area contributed by atoms with Crippen molar-refractivity contribution in [2.75, 3.05) is 12.0 Å². The average molecular weight is 265 g/mol. The van der Waals surface area contributed by atoms with E-state index in [1.54, 1.807) is 12.0 Å². The first-order valence-corrected chi connectivity index (χ1v) is 6.43. The van der Waals surface area contributed by atoms with Crippen molar-refractivity contribution in [2.24, 2.45) is 0 Å². The van der Waals surface area contributed by atoms with Crippen LogP contribution in [0.4, 0.5) is 5.69 Å². The van der Waals surface area contributed by atoms with Gasteiger partial charge in [-0.1, -0.05) is 43.0 Å². The second-order valence-electron chi connectivity index (χ2n) is 4.72. The van der Waals surface area contributed by atoms with Crippen LogP contribution in [0.5, 0.6) is 5.75 Å². The number of carbonyl (C=O) groups excluding carboxylic acids is 1. The van der Waals surface area contributed by atoms with E-state index >= 15 is 0 Å². The minimum Gasteiger partial charge on any atom is -0.497 e. The van der Waals surface area contributed by atoms with Crippen LogP contribution in [-0.2, 0) is 4.79 Å². The normalized spacial score (nSPS) is 17.9. The summed E-state index contributed by atoms with van der Waals surface area (Å²) in [6, 6.07) is 17.3. The summed E-state index contributed by atoms with van der Waals surface area (Å²) in [5, 5.41) is 0. The Hall–Kier alpha value is -2.55. The largest absolute Gasteiger partial charge is 0.497 e. The third-order valence-electron chi connectivity index (χ3n) is 3.53. The van der Waals surface area contributed by atoms with Gasteiger partial charge in [-0.25, -0.2) is 0 Å². The van der Waals surface area contributed by atoms with Gasteiger partial charge >= 0.3 is 0 Å². The van der Waals surface area contributed by atoms with Gasteiger partial charge in [-0.3, -0.25) is 9.69 Å². The van der Waals surface area contributed by atoms with Crippen LogP contribution in [0.3, 0.4) is 0 Å². The van der Waals surface area contributed by atoms with Crippen LogP contribution in [0.1, 0.15) is 11.6 Å². The third kappa shape index (κ3) is 1.88. The number of carbonyl (C=O) groups is 1. The van der Waals surface area contributed by atoms with Gasteiger partial charge in [-0.15, -0.1) is 0 Å². The van der Waals surface area contributed by atoms with Crippen LogP contribution in [0.15, 0.2) is 66.7 Å². The van der Waals surface area contributed by atoms with E-state index in [1.165, 1.54) is 0 Å². The lowest BCUT2D eigenvalue weighted by molar-refractivity contribution is -0.118. The van der Waals surface area contributed by atoms with E-state index in [0.29, 0.717) is 5.57 Å². The van der Waals surface area contributed by atoms with Crippen LogP contribution in [0.25, 0.3) is 0 Å². The fourth-order valence-corrected chi connectivity index (χ4v) is 2.49. The molecule has 1 heterocycles. The molecule has 0 aromatic heterocycles. The number of β-lactam (4-membered cyclic amide) rings is 1. The van der Waals surface area contributed by atoms with Gasteiger partial charge < -0.3 is 4.74 Å². The summed E-state index contributed by atoms with van der Waals surface area (Å²) < 4.78 is 5.22. The molecule has 20 heavy (non-hydrogen) atoms. The van der Waals surface area contributed by atoms with Gasteiger partial charge in [0.15, 0.2) is 0 Å². The van der Waals surface area contributed by atoms with Crippen molar-refractivity contribution < 1.29 is 9.53 Å². The summed E-state index contributed by atoms with van der Waals surface area (Å²) >= 11 is 0. The summed E-state index contributed by atoms with van der Waals surface area (Å²) in [7, 11) is 1.62. The monoisotopic (exact) mass is 265 g/mol. The number of ether oxygens (including phenoxy) is 1. The number of methoxy groups -OCH3 is 1. The van der Waals surface area contributed by atoms with Crippen molar-refractivity contribution in [1.82, 2.24) is 0 Å². The van der Waals surface area contributed by atoms with Crippen molar-refractivity contribution >= 4 is 11.6 Å². The number of hydrogen-bond acceptors (Lipinski definition) is 2. The smallest absolute Gasteiger partial charge is 0.256 e. The molecule has 0 bridgehead atoms. The molecule has 1 aliphatic heterocycles. The molecule has 0 aliphatic carbocycles. The highest BCUT2D eigenvalue weighted by Gasteiger charge is 2.42. The molecular weight excluding hydrogens is 250 g/mol. The van der Waals surface area contributed by atoms with Crippen molar-refractivity contribution in [2.45, 2.75) is 6.04 Å². The van der Waals surface area contributed by atoms with Crippen LogP contribution in [0, 0.1) is 0 Å². The summed E-state index contributed by atoms with van der Waals surface area (Å²) in [6.07, 6.45) is 0. The predicted molar refractivity (Wildman–Crippen MR) is 78.8 cm³/mol. The first-order chi connectivity index (χ1) is 9.72. The van der Waals surface area contributed by atoms with E-state index in [0.717, 1.165) is 17.0 Å². The van der Waals surface area contributed by atoms with Gasteiger partial charge in [-0.05, 0) is 17.7 Å². The summed E-state index contributed by atoms with van der Waals surface area (Å²) in [5.41, 5.74) is 2.52. The van der Waals surface area contributed by atoms with E-state index in [-0.39, 0.29) is 11.9 Å². The lowest BCUT2D eigenvalue weighted by Gasteiger charge is -2.42. The quantitative estimate of drug-likeness (QED) is 0.629. The topological polar surface area (TPSA) is 29.5 Å². The Morgan fingerprint density at radius 2 is 1.85 bits per heavy atom. The Kier molecular flexibility index (Phi) is 3.03. The molecule has 1 saturated heterocycles. The first kappa shape index (κ1) is 12.5. The van der Waals surface area contributed by atoms with E-state index in [1.807, 2.05) is 54.6 Å². The maximum Gasteiger partial charge on any atom is 0.256 e. The molecule has 0 N–H and O–H groups in total. The predicted octanol–water partition coefficient (Wildman–Crippen LogP) is 3.34. The molecule has 0 spiro atoms. The van der Waals surface area contributed by atoms with E-state index in [4.69, 9.17) is 4.74 Å². The highest BCUT2D eigenvalue weighted by Crippen LogP contribution is 2.42. The molecule has 0 saturated carbocycles. The molecule has 1 atom stereocenters. The number of rotatable bonds is 3. The van der Waals surface area contributed by atoms with Crippen LogP contribution in [-0.4, -0.2) is 13.0 Å². The lowest BCUT2D eigenvalue weighted by atomic mass is 9.88. The summed E-state index contributed by atoms with van der Waals surface area (Å²) in [4.78, 5) is 13.9.